The average Bonchev–Trinajstić information content (AvgIpc) is 3.18. The van der Waals surface area contributed by atoms with E-state index in [1.807, 2.05) is 21.9 Å². The summed E-state index contributed by atoms with van der Waals surface area (Å²) in [6.07, 6.45) is 3.96. The molecule has 0 bridgehead atoms. The van der Waals surface area contributed by atoms with Crippen molar-refractivity contribution >= 4 is 29.1 Å². The summed E-state index contributed by atoms with van der Waals surface area (Å²) in [5.41, 5.74) is 2.85. The number of benzene rings is 2. The number of hydrogen-bond acceptors (Lipinski definition) is 6. The molecule has 198 valence electrons. The number of hydrogen-bond donors (Lipinski definition) is 2. The molecule has 0 radical (unpaired) electrons. The predicted octanol–water partition coefficient (Wildman–Crippen LogP) is 2.69. The first-order valence-electron chi connectivity index (χ1n) is 13.5. The zero-order valence-electron chi connectivity index (χ0n) is 21.6. The van der Waals surface area contributed by atoms with E-state index in [0.29, 0.717) is 48.6 Å². The molecule has 9 nitrogen and oxygen atoms in total. The molecule has 1 aliphatic carbocycles. The number of rotatable bonds is 5. The van der Waals surface area contributed by atoms with Gasteiger partial charge in [-0.1, -0.05) is 6.42 Å². The molecule has 2 aliphatic heterocycles. The molecule has 2 saturated heterocycles. The lowest BCUT2D eigenvalue weighted by Gasteiger charge is -2.31. The van der Waals surface area contributed by atoms with E-state index in [1.165, 1.54) is 0 Å². The highest BCUT2D eigenvalue weighted by Gasteiger charge is 2.31. The predicted molar refractivity (Wildman–Crippen MR) is 145 cm³/mol. The quantitative estimate of drug-likeness (QED) is 0.635. The molecule has 1 saturated carbocycles. The number of carbonyl (C=O) groups is 3. The van der Waals surface area contributed by atoms with Gasteiger partial charge >= 0.3 is 0 Å². The maximum atomic E-state index is 13.2. The van der Waals surface area contributed by atoms with Crippen LogP contribution in [0.15, 0.2) is 42.5 Å². The molecule has 0 atom stereocenters. The second kappa shape index (κ2) is 11.7. The molecule has 0 spiro atoms. The van der Waals surface area contributed by atoms with Gasteiger partial charge in [0.05, 0.1) is 23.0 Å². The summed E-state index contributed by atoms with van der Waals surface area (Å²) in [6, 6.07) is 14.1. The van der Waals surface area contributed by atoms with Gasteiger partial charge in [0.1, 0.15) is 0 Å². The van der Waals surface area contributed by atoms with E-state index in [1.54, 1.807) is 30.3 Å². The molecule has 5 rings (SSSR count). The van der Waals surface area contributed by atoms with E-state index >= 15 is 0 Å². The van der Waals surface area contributed by atoms with Crippen LogP contribution in [-0.4, -0.2) is 79.9 Å². The Balaban J connectivity index is 1.39. The Bertz CT molecular complexity index is 1230. The van der Waals surface area contributed by atoms with E-state index in [4.69, 9.17) is 5.26 Å². The monoisotopic (exact) mass is 514 g/mol. The van der Waals surface area contributed by atoms with Crippen LogP contribution in [0.1, 0.15) is 52.0 Å². The van der Waals surface area contributed by atoms with Gasteiger partial charge in [0.2, 0.25) is 5.91 Å². The fraction of sp³-hybridized carbons (Fsp3) is 0.448. The number of piperazine rings is 1. The van der Waals surface area contributed by atoms with Crippen LogP contribution in [0.3, 0.4) is 0 Å². The van der Waals surface area contributed by atoms with Crippen molar-refractivity contribution in [1.29, 1.82) is 5.26 Å². The fourth-order valence-electron chi connectivity index (χ4n) is 5.28. The molecule has 2 heterocycles. The van der Waals surface area contributed by atoms with Gasteiger partial charge in [0.25, 0.3) is 11.8 Å². The topological polar surface area (TPSA) is 109 Å². The Hall–Kier alpha value is -3.90. The van der Waals surface area contributed by atoms with Crippen molar-refractivity contribution < 1.29 is 14.4 Å². The Kier molecular flexibility index (Phi) is 7.89. The SMILES string of the molecule is N#Cc1ccc(C(=O)Nc2cc(C(=O)N3CCNCC3)ccc2N2CCCN(C(=O)C3CCC3)CC2)cc1. The van der Waals surface area contributed by atoms with Gasteiger partial charge in [0.15, 0.2) is 0 Å². The van der Waals surface area contributed by atoms with Crippen molar-refractivity contribution in [2.45, 2.75) is 25.7 Å². The molecule has 0 unspecified atom stereocenters. The van der Waals surface area contributed by atoms with Gasteiger partial charge in [-0.15, -0.1) is 0 Å². The van der Waals surface area contributed by atoms with Crippen molar-refractivity contribution in [3.8, 4) is 6.07 Å². The van der Waals surface area contributed by atoms with Gasteiger partial charge in [-0.25, -0.2) is 0 Å². The highest BCUT2D eigenvalue weighted by molar-refractivity contribution is 6.07. The normalized spacial score (nSPS) is 18.2. The summed E-state index contributed by atoms with van der Waals surface area (Å²) >= 11 is 0. The lowest BCUT2D eigenvalue weighted by atomic mass is 9.84. The van der Waals surface area contributed by atoms with E-state index < -0.39 is 0 Å². The lowest BCUT2D eigenvalue weighted by molar-refractivity contribution is -0.137. The van der Waals surface area contributed by atoms with Crippen molar-refractivity contribution in [3.05, 3.63) is 59.2 Å². The van der Waals surface area contributed by atoms with Gasteiger partial charge < -0.3 is 25.3 Å². The molecule has 2 aromatic rings. The minimum atomic E-state index is -0.306. The minimum absolute atomic E-state index is 0.0555. The third-order valence-corrected chi connectivity index (χ3v) is 7.77. The van der Waals surface area contributed by atoms with E-state index in [0.717, 1.165) is 57.5 Å². The number of carbonyl (C=O) groups excluding carboxylic acids is 3. The smallest absolute Gasteiger partial charge is 0.255 e. The number of nitriles is 1. The fourth-order valence-corrected chi connectivity index (χ4v) is 5.28. The maximum absolute atomic E-state index is 13.2. The van der Waals surface area contributed by atoms with Crippen LogP contribution < -0.4 is 15.5 Å². The molecule has 2 aromatic carbocycles. The summed E-state index contributed by atoms with van der Waals surface area (Å²) in [4.78, 5) is 45.3. The highest BCUT2D eigenvalue weighted by atomic mass is 16.2. The van der Waals surface area contributed by atoms with Gasteiger partial charge in [0, 0.05) is 69.4 Å². The van der Waals surface area contributed by atoms with Crippen LogP contribution in [0, 0.1) is 17.2 Å². The van der Waals surface area contributed by atoms with Crippen LogP contribution in [-0.2, 0) is 4.79 Å². The third-order valence-electron chi connectivity index (χ3n) is 7.77. The molecule has 0 aromatic heterocycles. The Labute approximate surface area is 223 Å². The first-order chi connectivity index (χ1) is 18.5. The van der Waals surface area contributed by atoms with E-state index in [9.17, 15) is 14.4 Å². The molecular formula is C29H34N6O3. The second-order valence-corrected chi connectivity index (χ2v) is 10.2. The molecule has 3 fully saturated rings. The number of amides is 3. The van der Waals surface area contributed by atoms with Crippen molar-refractivity contribution in [2.75, 3.05) is 62.6 Å². The minimum Gasteiger partial charge on any atom is -0.368 e. The Morgan fingerprint density at radius 3 is 2.26 bits per heavy atom. The van der Waals surface area contributed by atoms with Crippen LogP contribution in [0.4, 0.5) is 11.4 Å². The van der Waals surface area contributed by atoms with Crippen molar-refractivity contribution in [3.63, 3.8) is 0 Å². The molecule has 2 N–H and O–H groups in total. The Morgan fingerprint density at radius 2 is 1.58 bits per heavy atom. The van der Waals surface area contributed by atoms with Crippen LogP contribution in [0.25, 0.3) is 0 Å². The summed E-state index contributed by atoms with van der Waals surface area (Å²) in [5, 5.41) is 15.4. The highest BCUT2D eigenvalue weighted by Crippen LogP contribution is 2.31. The summed E-state index contributed by atoms with van der Waals surface area (Å²) in [5.74, 6) is 0.0858. The summed E-state index contributed by atoms with van der Waals surface area (Å²) in [7, 11) is 0. The summed E-state index contributed by atoms with van der Waals surface area (Å²) < 4.78 is 0. The van der Waals surface area contributed by atoms with E-state index in [2.05, 4.69) is 21.6 Å². The average molecular weight is 515 g/mol. The summed E-state index contributed by atoms with van der Waals surface area (Å²) in [6.45, 7) is 5.58. The number of nitrogens with one attached hydrogen (secondary N) is 2. The molecule has 38 heavy (non-hydrogen) atoms. The van der Waals surface area contributed by atoms with Gasteiger partial charge in [-0.2, -0.15) is 5.26 Å². The standard InChI is InChI=1S/C29H34N6O3/c30-20-21-5-7-22(8-6-21)27(36)32-25-19-24(29(38)35-15-11-31-12-16-35)9-10-26(25)33-13-2-14-34(18-17-33)28(37)23-3-1-4-23/h5-10,19,23,31H,1-4,11-18H2,(H,32,36). The molecular weight excluding hydrogens is 480 g/mol. The van der Waals surface area contributed by atoms with Gasteiger partial charge in [-0.05, 0) is 61.7 Å². The first kappa shape index (κ1) is 25.7. The number of nitrogens with zero attached hydrogens (tertiary/aromatic N) is 4. The van der Waals surface area contributed by atoms with Crippen molar-refractivity contribution in [1.82, 2.24) is 15.1 Å². The lowest BCUT2D eigenvalue weighted by Crippen LogP contribution is -2.46. The van der Waals surface area contributed by atoms with Crippen LogP contribution in [0.5, 0.6) is 0 Å². The van der Waals surface area contributed by atoms with Crippen LogP contribution in [0.2, 0.25) is 0 Å². The second-order valence-electron chi connectivity index (χ2n) is 10.2. The zero-order chi connectivity index (χ0) is 26.5. The molecule has 3 amide bonds. The Morgan fingerprint density at radius 1 is 0.842 bits per heavy atom. The van der Waals surface area contributed by atoms with Crippen molar-refractivity contribution in [2.24, 2.45) is 5.92 Å². The molecule has 3 aliphatic rings. The largest absolute Gasteiger partial charge is 0.368 e. The zero-order valence-corrected chi connectivity index (χ0v) is 21.6. The third kappa shape index (κ3) is 5.65. The maximum Gasteiger partial charge on any atom is 0.255 e. The van der Waals surface area contributed by atoms with Gasteiger partial charge in [-0.3, -0.25) is 14.4 Å². The molecule has 9 heteroatoms. The van der Waals surface area contributed by atoms with E-state index in [-0.39, 0.29) is 23.6 Å². The van der Waals surface area contributed by atoms with Crippen LogP contribution >= 0.6 is 0 Å². The number of anilines is 2. The first-order valence-corrected chi connectivity index (χ1v) is 13.5.